The highest BCUT2D eigenvalue weighted by Crippen LogP contribution is 2.27. The standard InChI is InChI=1S/C19H27F2N3O2/c1-14(2)22-10-12-23(13-11-22)17-4-3-9-24(18(17)25)15-5-7-16(8-6-15)26-19(20)21/h5-8,14,17,19H,3-4,9-13H2,1-2H3. The second-order valence-electron chi connectivity index (χ2n) is 7.19. The van der Waals surface area contributed by atoms with Crippen molar-refractivity contribution in [1.29, 1.82) is 0 Å². The molecule has 0 saturated carbocycles. The van der Waals surface area contributed by atoms with E-state index in [1.54, 1.807) is 17.0 Å². The van der Waals surface area contributed by atoms with Gasteiger partial charge in [0.25, 0.3) is 0 Å². The van der Waals surface area contributed by atoms with Gasteiger partial charge in [-0.1, -0.05) is 0 Å². The Morgan fingerprint density at radius 3 is 2.27 bits per heavy atom. The maximum Gasteiger partial charge on any atom is 0.387 e. The Morgan fingerprint density at radius 2 is 1.69 bits per heavy atom. The van der Waals surface area contributed by atoms with E-state index in [1.807, 2.05) is 0 Å². The van der Waals surface area contributed by atoms with Gasteiger partial charge < -0.3 is 9.64 Å². The minimum atomic E-state index is -2.84. The molecule has 0 aromatic heterocycles. The normalized spacial score (nSPS) is 23.1. The van der Waals surface area contributed by atoms with Gasteiger partial charge in [0.05, 0.1) is 6.04 Å². The van der Waals surface area contributed by atoms with Crippen molar-refractivity contribution < 1.29 is 18.3 Å². The lowest BCUT2D eigenvalue weighted by molar-refractivity contribution is -0.126. The molecule has 7 heteroatoms. The van der Waals surface area contributed by atoms with E-state index in [4.69, 9.17) is 0 Å². The molecule has 3 rings (SSSR count). The second kappa shape index (κ2) is 8.31. The minimum Gasteiger partial charge on any atom is -0.435 e. The fourth-order valence-corrected chi connectivity index (χ4v) is 3.82. The number of benzene rings is 1. The lowest BCUT2D eigenvalue weighted by Gasteiger charge is -2.43. The largest absolute Gasteiger partial charge is 0.435 e. The second-order valence-corrected chi connectivity index (χ2v) is 7.19. The number of carbonyl (C=O) groups is 1. The van der Waals surface area contributed by atoms with Crippen LogP contribution in [0.3, 0.4) is 0 Å². The van der Waals surface area contributed by atoms with Crippen LogP contribution in [0, 0.1) is 0 Å². The van der Waals surface area contributed by atoms with E-state index >= 15 is 0 Å². The number of nitrogens with zero attached hydrogens (tertiary/aromatic N) is 3. The monoisotopic (exact) mass is 367 g/mol. The van der Waals surface area contributed by atoms with Crippen molar-refractivity contribution in [2.45, 2.75) is 45.4 Å². The topological polar surface area (TPSA) is 36.0 Å². The molecule has 0 aliphatic carbocycles. The molecule has 1 unspecified atom stereocenters. The SMILES string of the molecule is CC(C)N1CCN(C2CCCN(c3ccc(OC(F)F)cc3)C2=O)CC1. The zero-order valence-electron chi connectivity index (χ0n) is 15.4. The summed E-state index contributed by atoms with van der Waals surface area (Å²) in [5.74, 6) is 0.214. The van der Waals surface area contributed by atoms with E-state index < -0.39 is 6.61 Å². The van der Waals surface area contributed by atoms with Crippen molar-refractivity contribution in [3.63, 3.8) is 0 Å². The van der Waals surface area contributed by atoms with E-state index in [2.05, 4.69) is 28.4 Å². The number of carbonyl (C=O) groups excluding carboxylic acids is 1. The molecule has 0 radical (unpaired) electrons. The van der Waals surface area contributed by atoms with Crippen LogP contribution in [0.2, 0.25) is 0 Å². The third-order valence-corrected chi connectivity index (χ3v) is 5.30. The first-order valence-electron chi connectivity index (χ1n) is 9.30. The molecule has 1 amide bonds. The minimum absolute atomic E-state index is 0.0879. The van der Waals surface area contributed by atoms with Gasteiger partial charge >= 0.3 is 6.61 Å². The third-order valence-electron chi connectivity index (χ3n) is 5.30. The first-order valence-corrected chi connectivity index (χ1v) is 9.30. The summed E-state index contributed by atoms with van der Waals surface area (Å²) < 4.78 is 28.9. The number of anilines is 1. The summed E-state index contributed by atoms with van der Waals surface area (Å²) in [7, 11) is 0. The molecule has 2 fully saturated rings. The highest BCUT2D eigenvalue weighted by atomic mass is 19.3. The Hall–Kier alpha value is -1.73. The molecule has 0 bridgehead atoms. The van der Waals surface area contributed by atoms with Crippen LogP contribution in [-0.4, -0.2) is 67.1 Å². The van der Waals surface area contributed by atoms with Crippen molar-refractivity contribution in [3.8, 4) is 5.75 Å². The van der Waals surface area contributed by atoms with Crippen LogP contribution in [0.4, 0.5) is 14.5 Å². The number of amides is 1. The number of piperazine rings is 1. The maximum absolute atomic E-state index is 13.0. The molecule has 2 aliphatic rings. The predicted octanol–water partition coefficient (Wildman–Crippen LogP) is 2.81. The molecular weight excluding hydrogens is 340 g/mol. The van der Waals surface area contributed by atoms with E-state index in [-0.39, 0.29) is 17.7 Å². The summed E-state index contributed by atoms with van der Waals surface area (Å²) in [6.45, 7) is 6.01. The molecule has 2 heterocycles. The number of hydrogen-bond acceptors (Lipinski definition) is 4. The summed E-state index contributed by atoms with van der Waals surface area (Å²) >= 11 is 0. The highest BCUT2D eigenvalue weighted by Gasteiger charge is 2.35. The van der Waals surface area contributed by atoms with Gasteiger partial charge in [-0.3, -0.25) is 14.6 Å². The lowest BCUT2D eigenvalue weighted by Crippen LogP contribution is -2.58. The average molecular weight is 367 g/mol. The quantitative estimate of drug-likeness (QED) is 0.802. The molecule has 0 N–H and O–H groups in total. The van der Waals surface area contributed by atoms with E-state index in [0.717, 1.165) is 44.7 Å². The fraction of sp³-hybridized carbons (Fsp3) is 0.632. The molecule has 144 valence electrons. The zero-order chi connectivity index (χ0) is 18.7. The van der Waals surface area contributed by atoms with Crippen LogP contribution >= 0.6 is 0 Å². The number of alkyl halides is 2. The van der Waals surface area contributed by atoms with Gasteiger partial charge in [-0.25, -0.2) is 0 Å². The van der Waals surface area contributed by atoms with Crippen molar-refractivity contribution >= 4 is 11.6 Å². The van der Waals surface area contributed by atoms with Crippen molar-refractivity contribution in [1.82, 2.24) is 9.80 Å². The predicted molar refractivity (Wildman–Crippen MR) is 96.7 cm³/mol. The van der Waals surface area contributed by atoms with E-state index in [1.165, 1.54) is 12.1 Å². The van der Waals surface area contributed by atoms with Crippen LogP contribution in [-0.2, 0) is 4.79 Å². The maximum atomic E-state index is 13.0. The average Bonchev–Trinajstić information content (AvgIpc) is 2.62. The number of ether oxygens (including phenoxy) is 1. The number of halogens is 2. The van der Waals surface area contributed by atoms with Crippen LogP contribution in [0.1, 0.15) is 26.7 Å². The smallest absolute Gasteiger partial charge is 0.387 e. The number of piperidine rings is 1. The van der Waals surface area contributed by atoms with Crippen LogP contribution < -0.4 is 9.64 Å². The Bertz CT molecular complexity index is 601. The zero-order valence-corrected chi connectivity index (χ0v) is 15.4. The summed E-state index contributed by atoms with van der Waals surface area (Å²) in [5.41, 5.74) is 0.738. The van der Waals surface area contributed by atoms with Crippen molar-refractivity contribution in [3.05, 3.63) is 24.3 Å². The molecule has 2 saturated heterocycles. The molecule has 26 heavy (non-hydrogen) atoms. The van der Waals surface area contributed by atoms with Gasteiger partial charge in [0.15, 0.2) is 0 Å². The van der Waals surface area contributed by atoms with Gasteiger partial charge in [0.1, 0.15) is 5.75 Å². The molecule has 1 atom stereocenters. The molecule has 5 nitrogen and oxygen atoms in total. The van der Waals surface area contributed by atoms with Crippen LogP contribution in [0.15, 0.2) is 24.3 Å². The first kappa shape index (κ1) is 19.0. The Labute approximate surface area is 153 Å². The Balaban J connectivity index is 1.64. The van der Waals surface area contributed by atoms with Crippen molar-refractivity contribution in [2.24, 2.45) is 0 Å². The van der Waals surface area contributed by atoms with Gasteiger partial charge in [0, 0.05) is 44.5 Å². The van der Waals surface area contributed by atoms with Crippen LogP contribution in [0.25, 0.3) is 0 Å². The summed E-state index contributed by atoms with van der Waals surface area (Å²) in [4.78, 5) is 19.5. The van der Waals surface area contributed by atoms with Gasteiger partial charge in [-0.2, -0.15) is 8.78 Å². The fourth-order valence-electron chi connectivity index (χ4n) is 3.82. The summed E-state index contributed by atoms with van der Waals surface area (Å²) in [6, 6.07) is 6.77. The van der Waals surface area contributed by atoms with Gasteiger partial charge in [-0.15, -0.1) is 0 Å². The number of rotatable bonds is 5. The first-order chi connectivity index (χ1) is 12.5. The molecule has 1 aromatic carbocycles. The Kier molecular flexibility index (Phi) is 6.09. The van der Waals surface area contributed by atoms with Gasteiger partial charge in [-0.05, 0) is 51.0 Å². The lowest BCUT2D eigenvalue weighted by atomic mass is 10.0. The third kappa shape index (κ3) is 4.32. The van der Waals surface area contributed by atoms with E-state index in [0.29, 0.717) is 12.6 Å². The van der Waals surface area contributed by atoms with Crippen LogP contribution in [0.5, 0.6) is 5.75 Å². The van der Waals surface area contributed by atoms with E-state index in [9.17, 15) is 13.6 Å². The molecule has 1 aromatic rings. The molecule has 2 aliphatic heterocycles. The van der Waals surface area contributed by atoms with Gasteiger partial charge in [0.2, 0.25) is 5.91 Å². The highest BCUT2D eigenvalue weighted by molar-refractivity contribution is 5.98. The molecular formula is C19H27F2N3O2. The summed E-state index contributed by atoms with van der Waals surface area (Å²) in [5, 5.41) is 0. The number of hydrogen-bond donors (Lipinski definition) is 0. The molecule has 0 spiro atoms. The van der Waals surface area contributed by atoms with Crippen molar-refractivity contribution in [2.75, 3.05) is 37.6 Å². The Morgan fingerprint density at radius 1 is 1.04 bits per heavy atom. The summed E-state index contributed by atoms with van der Waals surface area (Å²) in [6.07, 6.45) is 1.82.